The molecule has 0 aromatic carbocycles. The van der Waals surface area contributed by atoms with Crippen molar-refractivity contribution in [3.8, 4) is 0 Å². The average Bonchev–Trinajstić information content (AvgIpc) is 2.89. The van der Waals surface area contributed by atoms with Crippen molar-refractivity contribution in [3.05, 3.63) is 0 Å². The van der Waals surface area contributed by atoms with Gasteiger partial charge in [0, 0.05) is 6.04 Å². The number of rotatable bonds is 1. The molecule has 1 heteroatoms. The lowest BCUT2D eigenvalue weighted by molar-refractivity contribution is -0.0353. The quantitative estimate of drug-likeness (QED) is 0.636. The molecule has 4 fully saturated rings. The van der Waals surface area contributed by atoms with E-state index in [1.807, 2.05) is 0 Å². The maximum atomic E-state index is 2.89. The van der Waals surface area contributed by atoms with Gasteiger partial charge in [-0.1, -0.05) is 6.42 Å². The summed E-state index contributed by atoms with van der Waals surface area (Å²) in [4.78, 5) is 2.89. The summed E-state index contributed by atoms with van der Waals surface area (Å²) in [6.07, 6.45) is 12.4. The molecule has 4 rings (SSSR count). The molecule has 1 heterocycles. The van der Waals surface area contributed by atoms with Crippen molar-refractivity contribution >= 4 is 0 Å². The van der Waals surface area contributed by atoms with Crippen molar-refractivity contribution < 1.29 is 0 Å². The van der Waals surface area contributed by atoms with Gasteiger partial charge in [-0.15, -0.1) is 0 Å². The van der Waals surface area contributed by atoms with Crippen LogP contribution in [0.4, 0.5) is 0 Å². The van der Waals surface area contributed by atoms with Crippen LogP contribution in [0.2, 0.25) is 0 Å². The predicted molar refractivity (Wildman–Crippen MR) is 61.7 cm³/mol. The summed E-state index contributed by atoms with van der Waals surface area (Å²) in [5.74, 6) is 2.25. The number of likely N-dealkylation sites (tertiary alicyclic amines) is 1. The molecule has 3 saturated carbocycles. The fraction of sp³-hybridized carbons (Fsp3) is 1.00. The number of hydrogen-bond donors (Lipinski definition) is 0. The van der Waals surface area contributed by atoms with E-state index in [0.717, 1.165) is 23.3 Å². The van der Waals surface area contributed by atoms with Crippen molar-refractivity contribution in [2.45, 2.75) is 57.4 Å². The fourth-order valence-electron chi connectivity index (χ4n) is 5.51. The Balaban J connectivity index is 1.65. The Morgan fingerprint density at radius 1 is 0.933 bits per heavy atom. The van der Waals surface area contributed by atoms with Gasteiger partial charge in [-0.3, -0.25) is 4.90 Å². The maximum absolute atomic E-state index is 2.89. The second-order valence-electron chi connectivity index (χ2n) is 6.54. The zero-order valence-electron chi connectivity index (χ0n) is 9.75. The highest BCUT2D eigenvalue weighted by Crippen LogP contribution is 2.66. The zero-order chi connectivity index (χ0) is 9.88. The van der Waals surface area contributed by atoms with Crippen molar-refractivity contribution in [2.75, 3.05) is 13.1 Å². The Kier molecular flexibility index (Phi) is 1.81. The molecule has 2 bridgehead atoms. The van der Waals surface area contributed by atoms with Gasteiger partial charge < -0.3 is 0 Å². The Morgan fingerprint density at radius 2 is 1.73 bits per heavy atom. The summed E-state index contributed by atoms with van der Waals surface area (Å²) in [5, 5.41) is 0. The normalized spacial score (nSPS) is 47.6. The first-order valence-electron chi connectivity index (χ1n) is 7.14. The largest absolute Gasteiger partial charge is 0.300 e. The highest BCUT2D eigenvalue weighted by Gasteiger charge is 2.61. The third kappa shape index (κ3) is 1.03. The zero-order valence-corrected chi connectivity index (χ0v) is 9.75. The van der Waals surface area contributed by atoms with Crippen LogP contribution in [0, 0.1) is 17.3 Å². The average molecular weight is 205 g/mol. The van der Waals surface area contributed by atoms with E-state index in [1.165, 1.54) is 32.4 Å². The second kappa shape index (κ2) is 3.00. The van der Waals surface area contributed by atoms with Crippen molar-refractivity contribution in [2.24, 2.45) is 17.3 Å². The van der Waals surface area contributed by atoms with Crippen LogP contribution in [0.15, 0.2) is 0 Å². The van der Waals surface area contributed by atoms with Gasteiger partial charge >= 0.3 is 0 Å². The van der Waals surface area contributed by atoms with Crippen LogP contribution in [0.1, 0.15) is 51.4 Å². The first-order valence-corrected chi connectivity index (χ1v) is 7.14. The van der Waals surface area contributed by atoms with Crippen molar-refractivity contribution in [1.82, 2.24) is 4.90 Å². The van der Waals surface area contributed by atoms with E-state index in [1.54, 1.807) is 32.1 Å². The van der Waals surface area contributed by atoms with Gasteiger partial charge in [-0.2, -0.15) is 0 Å². The third-order valence-corrected chi connectivity index (χ3v) is 6.14. The minimum Gasteiger partial charge on any atom is -0.300 e. The van der Waals surface area contributed by atoms with E-state index in [0.29, 0.717) is 0 Å². The monoisotopic (exact) mass is 205 g/mol. The molecular weight excluding hydrogens is 182 g/mol. The lowest BCUT2D eigenvalue weighted by Gasteiger charge is -2.53. The molecular formula is C14H23N. The second-order valence-corrected chi connectivity index (χ2v) is 6.54. The van der Waals surface area contributed by atoms with Crippen LogP contribution in [0.5, 0.6) is 0 Å². The number of fused-ring (bicyclic) bond motifs is 3. The van der Waals surface area contributed by atoms with Crippen LogP contribution in [-0.2, 0) is 0 Å². The number of hydrogen-bond acceptors (Lipinski definition) is 1. The summed E-state index contributed by atoms with van der Waals surface area (Å²) in [6, 6.07) is 1.03. The molecule has 4 aliphatic rings. The van der Waals surface area contributed by atoms with Gasteiger partial charge in [-0.05, 0) is 75.3 Å². The third-order valence-electron chi connectivity index (χ3n) is 6.14. The van der Waals surface area contributed by atoms with Crippen LogP contribution in [0.3, 0.4) is 0 Å². The van der Waals surface area contributed by atoms with Crippen LogP contribution in [-0.4, -0.2) is 24.0 Å². The highest BCUT2D eigenvalue weighted by atomic mass is 15.2. The molecule has 3 aliphatic carbocycles. The topological polar surface area (TPSA) is 3.24 Å². The number of nitrogens with zero attached hydrogens (tertiary/aromatic N) is 1. The molecule has 1 saturated heterocycles. The predicted octanol–water partition coefficient (Wildman–Crippen LogP) is 3.05. The molecule has 3 unspecified atom stereocenters. The van der Waals surface area contributed by atoms with Gasteiger partial charge in [0.1, 0.15) is 0 Å². The summed E-state index contributed by atoms with van der Waals surface area (Å²) in [5.41, 5.74) is 0.841. The SMILES string of the molecule is C1CCN(C2C3CCC(C3)C23CCC3)C1. The van der Waals surface area contributed by atoms with Crippen LogP contribution >= 0.6 is 0 Å². The summed E-state index contributed by atoms with van der Waals surface area (Å²) >= 11 is 0. The van der Waals surface area contributed by atoms with Crippen molar-refractivity contribution in [1.29, 1.82) is 0 Å². The standard InChI is InChI=1S/C14H23N/c1-2-9-15(8-1)13-11-4-5-12(10-11)14(13)6-3-7-14/h11-13H,1-10H2. The molecule has 84 valence electrons. The Labute approximate surface area is 93.2 Å². The molecule has 0 amide bonds. The summed E-state index contributed by atoms with van der Waals surface area (Å²) in [6.45, 7) is 2.85. The molecule has 0 aromatic rings. The van der Waals surface area contributed by atoms with Crippen LogP contribution < -0.4 is 0 Å². The van der Waals surface area contributed by atoms with Gasteiger partial charge in [-0.25, -0.2) is 0 Å². The molecule has 15 heavy (non-hydrogen) atoms. The molecule has 1 aliphatic heterocycles. The molecule has 0 aromatic heterocycles. The first kappa shape index (κ1) is 9.04. The van der Waals surface area contributed by atoms with Gasteiger partial charge in [0.2, 0.25) is 0 Å². The van der Waals surface area contributed by atoms with E-state index in [-0.39, 0.29) is 0 Å². The minimum atomic E-state index is 0.841. The van der Waals surface area contributed by atoms with E-state index >= 15 is 0 Å². The van der Waals surface area contributed by atoms with Gasteiger partial charge in [0.15, 0.2) is 0 Å². The molecule has 1 nitrogen and oxygen atoms in total. The lowest BCUT2D eigenvalue weighted by Crippen LogP contribution is -2.53. The van der Waals surface area contributed by atoms with Gasteiger partial charge in [0.25, 0.3) is 0 Å². The maximum Gasteiger partial charge on any atom is 0.0183 e. The van der Waals surface area contributed by atoms with E-state index < -0.39 is 0 Å². The Bertz CT molecular complexity index is 263. The fourth-order valence-corrected chi connectivity index (χ4v) is 5.51. The minimum absolute atomic E-state index is 0.841. The summed E-state index contributed by atoms with van der Waals surface area (Å²) < 4.78 is 0. The van der Waals surface area contributed by atoms with E-state index in [9.17, 15) is 0 Å². The smallest absolute Gasteiger partial charge is 0.0183 e. The summed E-state index contributed by atoms with van der Waals surface area (Å²) in [7, 11) is 0. The first-order chi connectivity index (χ1) is 7.40. The van der Waals surface area contributed by atoms with Crippen LogP contribution in [0.25, 0.3) is 0 Å². The van der Waals surface area contributed by atoms with E-state index in [2.05, 4.69) is 4.90 Å². The molecule has 1 spiro atoms. The Morgan fingerprint density at radius 3 is 2.40 bits per heavy atom. The Hall–Kier alpha value is -0.0400. The lowest BCUT2D eigenvalue weighted by atomic mass is 9.57. The molecule has 3 atom stereocenters. The molecule has 0 radical (unpaired) electrons. The highest BCUT2D eigenvalue weighted by molar-refractivity contribution is 5.13. The van der Waals surface area contributed by atoms with E-state index in [4.69, 9.17) is 0 Å². The van der Waals surface area contributed by atoms with Crippen molar-refractivity contribution in [3.63, 3.8) is 0 Å². The van der Waals surface area contributed by atoms with Gasteiger partial charge in [0.05, 0.1) is 0 Å². The molecule has 0 N–H and O–H groups in total.